The molecule has 0 aromatic heterocycles. The minimum absolute atomic E-state index is 0.211. The summed E-state index contributed by atoms with van der Waals surface area (Å²) in [6, 6.07) is 5.45. The molecule has 0 atom stereocenters. The number of rotatable bonds is 6. The molecule has 0 radical (unpaired) electrons. The van der Waals surface area contributed by atoms with Crippen LogP contribution >= 0.6 is 0 Å². The van der Waals surface area contributed by atoms with Crippen molar-refractivity contribution in [2.75, 3.05) is 13.2 Å². The summed E-state index contributed by atoms with van der Waals surface area (Å²) in [6.07, 6.45) is -1.98. The second kappa shape index (κ2) is 5.65. The van der Waals surface area contributed by atoms with Crippen LogP contribution in [0.25, 0.3) is 0 Å². The van der Waals surface area contributed by atoms with Crippen LogP contribution in [0.5, 0.6) is 5.75 Å². The Bertz CT molecular complexity index is 452. The Kier molecular flexibility index (Phi) is 4.14. The van der Waals surface area contributed by atoms with Crippen molar-refractivity contribution in [3.63, 3.8) is 0 Å². The van der Waals surface area contributed by atoms with Crippen LogP contribution in [0.3, 0.4) is 0 Å². The molecule has 1 saturated carbocycles. The molecule has 104 valence electrons. The Hall–Kier alpha value is -1.49. The average molecular weight is 271 g/mol. The lowest BCUT2D eigenvalue weighted by Gasteiger charge is -2.11. The first-order valence-corrected chi connectivity index (χ1v) is 6.15. The molecule has 1 N–H and O–H groups in total. The first-order valence-electron chi connectivity index (χ1n) is 6.15. The van der Waals surface area contributed by atoms with E-state index in [4.69, 9.17) is 4.74 Å². The fraction of sp³-hybridized carbons (Fsp3) is 0.429. The van der Waals surface area contributed by atoms with Crippen molar-refractivity contribution in [3.8, 4) is 5.75 Å². The topological polar surface area (TPSA) is 21.3 Å². The zero-order valence-electron chi connectivity index (χ0n) is 10.5. The number of hydrogen-bond donors (Lipinski definition) is 1. The lowest BCUT2D eigenvalue weighted by Crippen LogP contribution is -2.21. The molecule has 2 rings (SSSR count). The number of ether oxygens (including phenoxy) is 1. The van der Waals surface area contributed by atoms with Crippen molar-refractivity contribution in [1.82, 2.24) is 5.32 Å². The third-order valence-electron chi connectivity index (χ3n) is 2.82. The quantitative estimate of drug-likeness (QED) is 0.801. The Morgan fingerprint density at radius 1 is 1.37 bits per heavy atom. The summed E-state index contributed by atoms with van der Waals surface area (Å²) in [7, 11) is 0. The van der Waals surface area contributed by atoms with E-state index >= 15 is 0 Å². The largest absolute Gasteiger partial charge is 0.489 e. The molecule has 1 aliphatic rings. The van der Waals surface area contributed by atoms with E-state index in [1.54, 1.807) is 0 Å². The standard InChI is InChI=1S/C14H16F3NO/c1-10(8-18-12-5-6-12)9-19-13-4-2-3-11(7-13)14(15,16)17/h2-4,7,12,18H,1,5-6,8-9H2. The van der Waals surface area contributed by atoms with Crippen LogP contribution in [0.15, 0.2) is 36.4 Å². The van der Waals surface area contributed by atoms with E-state index in [1.165, 1.54) is 25.0 Å². The van der Waals surface area contributed by atoms with Crippen molar-refractivity contribution in [2.24, 2.45) is 0 Å². The second-order valence-corrected chi connectivity index (χ2v) is 4.72. The van der Waals surface area contributed by atoms with E-state index in [0.717, 1.165) is 17.7 Å². The fourth-order valence-electron chi connectivity index (χ4n) is 1.57. The molecule has 19 heavy (non-hydrogen) atoms. The summed E-state index contributed by atoms with van der Waals surface area (Å²) >= 11 is 0. The van der Waals surface area contributed by atoms with Crippen molar-refractivity contribution in [2.45, 2.75) is 25.1 Å². The minimum Gasteiger partial charge on any atom is -0.489 e. The molecule has 0 bridgehead atoms. The Morgan fingerprint density at radius 2 is 2.11 bits per heavy atom. The highest BCUT2D eigenvalue weighted by Gasteiger charge is 2.30. The monoisotopic (exact) mass is 271 g/mol. The predicted octanol–water partition coefficient (Wildman–Crippen LogP) is 3.39. The SMILES string of the molecule is C=C(CNC1CC1)COc1cccc(C(F)(F)F)c1. The molecular formula is C14H16F3NO. The molecule has 5 heteroatoms. The first kappa shape index (κ1) is 13.9. The summed E-state index contributed by atoms with van der Waals surface area (Å²) < 4.78 is 42.8. The summed E-state index contributed by atoms with van der Waals surface area (Å²) in [5, 5.41) is 3.27. The van der Waals surface area contributed by atoms with Gasteiger partial charge in [0.1, 0.15) is 12.4 Å². The van der Waals surface area contributed by atoms with Gasteiger partial charge in [-0.25, -0.2) is 0 Å². The van der Waals surface area contributed by atoms with Gasteiger partial charge in [-0.05, 0) is 36.6 Å². The van der Waals surface area contributed by atoms with Gasteiger partial charge in [0.25, 0.3) is 0 Å². The zero-order chi connectivity index (χ0) is 13.9. The first-order chi connectivity index (χ1) is 8.95. The van der Waals surface area contributed by atoms with Crippen LogP contribution in [0.1, 0.15) is 18.4 Å². The fourth-order valence-corrected chi connectivity index (χ4v) is 1.57. The molecule has 2 nitrogen and oxygen atoms in total. The van der Waals surface area contributed by atoms with Crippen LogP contribution in [-0.4, -0.2) is 19.2 Å². The molecule has 0 unspecified atom stereocenters. The van der Waals surface area contributed by atoms with Gasteiger partial charge in [0.2, 0.25) is 0 Å². The number of benzene rings is 1. The van der Waals surface area contributed by atoms with E-state index in [9.17, 15) is 13.2 Å². The van der Waals surface area contributed by atoms with Gasteiger partial charge in [0, 0.05) is 12.6 Å². The van der Waals surface area contributed by atoms with Crippen molar-refractivity contribution in [1.29, 1.82) is 0 Å². The second-order valence-electron chi connectivity index (χ2n) is 4.72. The highest BCUT2D eigenvalue weighted by Crippen LogP contribution is 2.31. The van der Waals surface area contributed by atoms with Gasteiger partial charge in [-0.15, -0.1) is 0 Å². The molecule has 1 aromatic carbocycles. The summed E-state index contributed by atoms with van der Waals surface area (Å²) in [4.78, 5) is 0. The lowest BCUT2D eigenvalue weighted by molar-refractivity contribution is -0.137. The minimum atomic E-state index is -4.34. The molecule has 0 aliphatic heterocycles. The van der Waals surface area contributed by atoms with Crippen LogP contribution < -0.4 is 10.1 Å². The van der Waals surface area contributed by atoms with E-state index < -0.39 is 11.7 Å². The maximum Gasteiger partial charge on any atom is 0.416 e. The van der Waals surface area contributed by atoms with E-state index in [1.807, 2.05) is 0 Å². The van der Waals surface area contributed by atoms with Crippen LogP contribution in [0, 0.1) is 0 Å². The zero-order valence-corrected chi connectivity index (χ0v) is 10.5. The van der Waals surface area contributed by atoms with Gasteiger partial charge < -0.3 is 10.1 Å². The van der Waals surface area contributed by atoms with Gasteiger partial charge in [0.15, 0.2) is 0 Å². The number of nitrogens with one attached hydrogen (secondary N) is 1. The van der Waals surface area contributed by atoms with E-state index in [0.29, 0.717) is 12.6 Å². The summed E-state index contributed by atoms with van der Waals surface area (Å²) in [5.74, 6) is 0.211. The highest BCUT2D eigenvalue weighted by molar-refractivity contribution is 5.30. The Labute approximate surface area is 110 Å². The highest BCUT2D eigenvalue weighted by atomic mass is 19.4. The summed E-state index contributed by atoms with van der Waals surface area (Å²) in [5.41, 5.74) is 0.121. The van der Waals surface area contributed by atoms with Crippen LogP contribution in [-0.2, 0) is 6.18 Å². The van der Waals surface area contributed by atoms with Crippen LogP contribution in [0.2, 0.25) is 0 Å². The Morgan fingerprint density at radius 3 is 2.74 bits per heavy atom. The van der Waals surface area contributed by atoms with Gasteiger partial charge >= 0.3 is 6.18 Å². The maximum absolute atomic E-state index is 12.5. The predicted molar refractivity (Wildman–Crippen MR) is 67.1 cm³/mol. The molecule has 0 amide bonds. The van der Waals surface area contributed by atoms with Gasteiger partial charge in [0.05, 0.1) is 5.56 Å². The molecule has 0 saturated heterocycles. The third-order valence-corrected chi connectivity index (χ3v) is 2.82. The van der Waals surface area contributed by atoms with Crippen LogP contribution in [0.4, 0.5) is 13.2 Å². The third kappa shape index (κ3) is 4.59. The Balaban J connectivity index is 1.83. The summed E-state index contributed by atoms with van der Waals surface area (Å²) in [6.45, 7) is 4.70. The molecule has 1 aliphatic carbocycles. The number of alkyl halides is 3. The maximum atomic E-state index is 12.5. The van der Waals surface area contributed by atoms with Crippen molar-refractivity contribution < 1.29 is 17.9 Å². The van der Waals surface area contributed by atoms with Gasteiger partial charge in [-0.1, -0.05) is 12.6 Å². The molecule has 0 heterocycles. The molecular weight excluding hydrogens is 255 g/mol. The number of hydrogen-bond acceptors (Lipinski definition) is 2. The van der Waals surface area contributed by atoms with E-state index in [-0.39, 0.29) is 12.4 Å². The smallest absolute Gasteiger partial charge is 0.416 e. The number of halogens is 3. The normalized spacial score (nSPS) is 15.3. The van der Waals surface area contributed by atoms with Gasteiger partial charge in [-0.2, -0.15) is 13.2 Å². The molecule has 1 aromatic rings. The lowest BCUT2D eigenvalue weighted by atomic mass is 10.2. The molecule has 0 spiro atoms. The molecule has 1 fully saturated rings. The van der Waals surface area contributed by atoms with Crippen molar-refractivity contribution >= 4 is 0 Å². The van der Waals surface area contributed by atoms with Gasteiger partial charge in [-0.3, -0.25) is 0 Å². The average Bonchev–Trinajstić information content (AvgIpc) is 3.17. The van der Waals surface area contributed by atoms with Crippen molar-refractivity contribution in [3.05, 3.63) is 42.0 Å². The van der Waals surface area contributed by atoms with E-state index in [2.05, 4.69) is 11.9 Å².